The van der Waals surface area contributed by atoms with Crippen LogP contribution in [0.3, 0.4) is 0 Å². The second kappa shape index (κ2) is 6.99. The highest BCUT2D eigenvalue weighted by molar-refractivity contribution is 7.89. The fraction of sp³-hybridized carbons (Fsp3) is 0.727. The van der Waals surface area contributed by atoms with Crippen LogP contribution in [0.15, 0.2) is 29.2 Å². The SMILES string of the molecule is CCOc1ccc(S(=O)(=O)N2CC[NH+](C34CC5CC(CC(C5)C3)C4)CC2)cc1. The van der Waals surface area contributed by atoms with E-state index in [-0.39, 0.29) is 0 Å². The topological polar surface area (TPSA) is 51.1 Å². The van der Waals surface area contributed by atoms with Crippen LogP contribution in [0.25, 0.3) is 0 Å². The molecule has 4 aliphatic carbocycles. The fourth-order valence-electron chi connectivity index (χ4n) is 7.09. The zero-order chi connectivity index (χ0) is 19.4. The number of benzene rings is 1. The largest absolute Gasteiger partial charge is 0.494 e. The second-order valence-corrected chi connectivity index (χ2v) is 11.5. The molecule has 4 saturated carbocycles. The van der Waals surface area contributed by atoms with E-state index in [1.54, 1.807) is 33.5 Å². The summed E-state index contributed by atoms with van der Waals surface area (Å²) in [5, 5.41) is 0. The Hall–Kier alpha value is -1.11. The molecule has 1 aliphatic heterocycles. The first-order valence-electron chi connectivity index (χ1n) is 11.1. The Labute approximate surface area is 169 Å². The molecule has 1 aromatic carbocycles. The van der Waals surface area contributed by atoms with Gasteiger partial charge in [0.25, 0.3) is 0 Å². The monoisotopic (exact) mass is 405 g/mol. The van der Waals surface area contributed by atoms with E-state index in [2.05, 4.69) is 0 Å². The average molecular weight is 406 g/mol. The molecule has 0 unspecified atom stereocenters. The molecule has 1 saturated heterocycles. The van der Waals surface area contributed by atoms with E-state index in [1.165, 1.54) is 38.5 Å². The summed E-state index contributed by atoms with van der Waals surface area (Å²) in [7, 11) is -3.41. The van der Waals surface area contributed by atoms with Gasteiger partial charge >= 0.3 is 0 Å². The van der Waals surface area contributed by atoms with Crippen LogP contribution in [-0.4, -0.2) is 51.0 Å². The maximum Gasteiger partial charge on any atom is 0.243 e. The van der Waals surface area contributed by atoms with E-state index in [4.69, 9.17) is 4.74 Å². The fourth-order valence-corrected chi connectivity index (χ4v) is 8.54. The minimum absolute atomic E-state index is 0.384. The Balaban J connectivity index is 1.27. The lowest BCUT2D eigenvalue weighted by Crippen LogP contribution is -3.23. The predicted octanol–water partition coefficient (Wildman–Crippen LogP) is 1.94. The van der Waals surface area contributed by atoms with Crippen molar-refractivity contribution in [2.45, 2.75) is 55.9 Å². The number of nitrogens with one attached hydrogen (secondary N) is 1. The second-order valence-electron chi connectivity index (χ2n) is 9.61. The molecule has 5 fully saturated rings. The number of quaternary nitrogens is 1. The third-order valence-corrected chi connectivity index (χ3v) is 9.80. The molecule has 0 amide bonds. The van der Waals surface area contributed by atoms with E-state index in [0.717, 1.165) is 36.6 Å². The van der Waals surface area contributed by atoms with Crippen LogP contribution in [0.4, 0.5) is 0 Å². The predicted molar refractivity (Wildman–Crippen MR) is 108 cm³/mol. The molecule has 28 heavy (non-hydrogen) atoms. The van der Waals surface area contributed by atoms with Crippen molar-refractivity contribution in [3.63, 3.8) is 0 Å². The van der Waals surface area contributed by atoms with Gasteiger partial charge in [0.05, 0.1) is 43.2 Å². The van der Waals surface area contributed by atoms with Crippen LogP contribution < -0.4 is 9.64 Å². The maximum absolute atomic E-state index is 13.1. The summed E-state index contributed by atoms with van der Waals surface area (Å²) < 4.78 is 33.3. The normalized spacial score (nSPS) is 36.0. The molecule has 1 heterocycles. The summed E-state index contributed by atoms with van der Waals surface area (Å²) in [4.78, 5) is 2.08. The molecule has 6 rings (SSSR count). The van der Waals surface area contributed by atoms with Gasteiger partial charge in [-0.15, -0.1) is 0 Å². The highest BCUT2D eigenvalue weighted by Crippen LogP contribution is 2.54. The number of rotatable bonds is 5. The lowest BCUT2D eigenvalue weighted by molar-refractivity contribution is -0.962. The standard InChI is InChI=1S/C22H32N2O3S/c1-2-27-20-3-5-21(6-4-20)28(25,26)24-9-7-23(8-10-24)22-14-17-11-18(15-22)13-19(12-17)16-22/h3-6,17-19H,2,7-16H2,1H3/p+1. The number of sulfonamides is 1. The van der Waals surface area contributed by atoms with Crippen molar-refractivity contribution in [1.82, 2.24) is 4.31 Å². The molecule has 1 N–H and O–H groups in total. The molecular weight excluding hydrogens is 372 g/mol. The van der Waals surface area contributed by atoms with Crippen molar-refractivity contribution in [3.05, 3.63) is 24.3 Å². The highest BCUT2D eigenvalue weighted by atomic mass is 32.2. The molecule has 154 valence electrons. The van der Waals surface area contributed by atoms with Gasteiger partial charge in [-0.2, -0.15) is 4.31 Å². The zero-order valence-corrected chi connectivity index (χ0v) is 17.7. The molecule has 0 atom stereocenters. The van der Waals surface area contributed by atoms with Crippen LogP contribution in [0, 0.1) is 17.8 Å². The van der Waals surface area contributed by atoms with E-state index in [1.807, 2.05) is 6.92 Å². The summed E-state index contributed by atoms with van der Waals surface area (Å²) in [5.74, 6) is 3.57. The summed E-state index contributed by atoms with van der Waals surface area (Å²) in [6.07, 6.45) is 8.56. The molecule has 0 radical (unpaired) electrons. The summed E-state index contributed by atoms with van der Waals surface area (Å²) in [6, 6.07) is 6.87. The van der Waals surface area contributed by atoms with Gasteiger partial charge in [-0.1, -0.05) is 0 Å². The van der Waals surface area contributed by atoms with Gasteiger partial charge in [0.1, 0.15) is 5.75 Å². The number of nitrogens with zero attached hydrogens (tertiary/aromatic N) is 1. The molecule has 1 aromatic rings. The summed E-state index contributed by atoms with van der Waals surface area (Å²) >= 11 is 0. The Morgan fingerprint density at radius 3 is 2.04 bits per heavy atom. The lowest BCUT2D eigenvalue weighted by Gasteiger charge is -2.59. The average Bonchev–Trinajstić information content (AvgIpc) is 2.68. The molecule has 0 spiro atoms. The third-order valence-electron chi connectivity index (χ3n) is 7.89. The van der Waals surface area contributed by atoms with Gasteiger partial charge in [-0.25, -0.2) is 8.42 Å². The van der Waals surface area contributed by atoms with Crippen molar-refractivity contribution in [2.75, 3.05) is 32.8 Å². The zero-order valence-electron chi connectivity index (χ0n) is 16.9. The van der Waals surface area contributed by atoms with Crippen molar-refractivity contribution in [1.29, 1.82) is 0 Å². The molecule has 6 heteroatoms. The summed E-state index contributed by atoms with van der Waals surface area (Å²) in [6.45, 7) is 5.72. The molecule has 5 nitrogen and oxygen atoms in total. The first kappa shape index (κ1) is 18.9. The highest BCUT2D eigenvalue weighted by Gasteiger charge is 2.56. The minimum atomic E-state index is -3.41. The molecule has 5 aliphatic rings. The Bertz CT molecular complexity index is 777. The Morgan fingerprint density at radius 2 is 1.54 bits per heavy atom. The van der Waals surface area contributed by atoms with Crippen LogP contribution >= 0.6 is 0 Å². The minimum Gasteiger partial charge on any atom is -0.494 e. The first-order valence-corrected chi connectivity index (χ1v) is 12.5. The van der Waals surface area contributed by atoms with E-state index in [9.17, 15) is 8.42 Å². The van der Waals surface area contributed by atoms with Gasteiger partial charge in [-0.3, -0.25) is 0 Å². The maximum atomic E-state index is 13.1. The smallest absolute Gasteiger partial charge is 0.243 e. The lowest BCUT2D eigenvalue weighted by atomic mass is 9.52. The van der Waals surface area contributed by atoms with Crippen molar-refractivity contribution < 1.29 is 18.1 Å². The number of ether oxygens (including phenoxy) is 1. The van der Waals surface area contributed by atoms with Crippen molar-refractivity contribution >= 4 is 10.0 Å². The third kappa shape index (κ3) is 3.17. The van der Waals surface area contributed by atoms with Crippen LogP contribution in [0.1, 0.15) is 45.4 Å². The van der Waals surface area contributed by atoms with Crippen LogP contribution in [0.2, 0.25) is 0 Å². The van der Waals surface area contributed by atoms with Gasteiger partial charge in [0.2, 0.25) is 10.0 Å². The van der Waals surface area contributed by atoms with Crippen LogP contribution in [0.5, 0.6) is 5.75 Å². The van der Waals surface area contributed by atoms with Crippen molar-refractivity contribution in [3.8, 4) is 5.75 Å². The Morgan fingerprint density at radius 1 is 1.00 bits per heavy atom. The van der Waals surface area contributed by atoms with Crippen LogP contribution in [-0.2, 0) is 10.0 Å². The van der Waals surface area contributed by atoms with E-state index < -0.39 is 10.0 Å². The van der Waals surface area contributed by atoms with Gasteiger partial charge in [0.15, 0.2) is 0 Å². The molecular formula is C22H33N2O3S+. The number of hydrogen-bond acceptors (Lipinski definition) is 3. The summed E-state index contributed by atoms with van der Waals surface area (Å²) in [5.41, 5.74) is 0.462. The van der Waals surface area contributed by atoms with E-state index in [0.29, 0.717) is 30.1 Å². The van der Waals surface area contributed by atoms with Gasteiger partial charge in [-0.05, 0) is 68.2 Å². The Kier molecular flexibility index (Phi) is 4.72. The van der Waals surface area contributed by atoms with Crippen molar-refractivity contribution in [2.24, 2.45) is 17.8 Å². The van der Waals surface area contributed by atoms with Gasteiger partial charge in [0, 0.05) is 19.3 Å². The molecule has 0 aromatic heterocycles. The number of hydrogen-bond donors (Lipinski definition) is 1. The van der Waals surface area contributed by atoms with E-state index >= 15 is 0 Å². The van der Waals surface area contributed by atoms with Gasteiger partial charge < -0.3 is 9.64 Å². The first-order chi connectivity index (χ1) is 13.5. The number of piperazine rings is 1. The molecule has 4 bridgehead atoms. The quantitative estimate of drug-likeness (QED) is 0.815.